The van der Waals surface area contributed by atoms with Gasteiger partial charge in [0.15, 0.2) is 0 Å². The van der Waals surface area contributed by atoms with Gasteiger partial charge >= 0.3 is 203 Å². The maximum Gasteiger partial charge on any atom is 0.0272 e. The molecule has 1 aromatic carbocycles. The summed E-state index contributed by atoms with van der Waals surface area (Å²) in [5.41, 5.74) is 0. The summed E-state index contributed by atoms with van der Waals surface area (Å²) in [6.45, 7) is 21.7. The third-order valence-electron chi connectivity index (χ3n) is 8.24. The third kappa shape index (κ3) is 6.60. The smallest absolute Gasteiger partial charge is 0.0272 e. The fourth-order valence-electron chi connectivity index (χ4n) is 6.95. The Kier molecular flexibility index (Phi) is 12.2. The second-order valence-electron chi connectivity index (χ2n) is 13.2. The second kappa shape index (κ2) is 13.0. The number of hydrogen-bond donors (Lipinski definition) is 1. The van der Waals surface area contributed by atoms with E-state index in [-0.39, 0.29) is 21.2 Å². The summed E-state index contributed by atoms with van der Waals surface area (Å²) in [4.78, 5) is 0. The van der Waals surface area contributed by atoms with Gasteiger partial charge in [0, 0.05) is 21.3 Å². The molecule has 0 atom stereocenters. The van der Waals surface area contributed by atoms with Gasteiger partial charge in [-0.1, -0.05) is 0 Å². The number of rotatable bonds is 14. The number of phenols is 1. The Morgan fingerprint density at radius 3 is 1.59 bits per heavy atom. The molecule has 0 spiro atoms. The number of ether oxygens (including phenoxy) is 1. The predicted molar refractivity (Wildman–Crippen MR) is 168 cm³/mol. The molecule has 0 saturated heterocycles. The summed E-state index contributed by atoms with van der Waals surface area (Å²) < 4.78 is 23.0. The van der Waals surface area contributed by atoms with E-state index in [2.05, 4.69) is 77.8 Å². The number of benzene rings is 1. The SMILES string of the molecule is CO[Si](CCCCCCCCOc1ccc(O)cc1P(Br)(C(C)(C)C)(C(C)(C)C)C(C)(C)C)(OC)OC. The van der Waals surface area contributed by atoms with Crippen LogP contribution in [0.4, 0.5) is 0 Å². The molecule has 0 heterocycles. The molecule has 0 fully saturated rings. The van der Waals surface area contributed by atoms with Gasteiger partial charge in [-0.2, -0.15) is 0 Å². The molecular formula is C29H56BrO5PSi. The van der Waals surface area contributed by atoms with Crippen LogP contribution in [0.5, 0.6) is 11.5 Å². The molecule has 1 N–H and O–H groups in total. The summed E-state index contributed by atoms with van der Waals surface area (Å²) in [5, 5.41) is 8.55. The van der Waals surface area contributed by atoms with Crippen molar-refractivity contribution < 1.29 is 23.1 Å². The fraction of sp³-hybridized carbons (Fsp3) is 0.793. The van der Waals surface area contributed by atoms with E-state index in [1.165, 1.54) is 12.8 Å². The first kappa shape index (κ1) is 34.9. The van der Waals surface area contributed by atoms with Crippen molar-refractivity contribution in [3.63, 3.8) is 0 Å². The molecule has 8 heteroatoms. The molecule has 0 saturated carbocycles. The summed E-state index contributed by atoms with van der Waals surface area (Å²) in [6, 6.07) is 6.54. The zero-order chi connectivity index (χ0) is 28.8. The first-order chi connectivity index (χ1) is 16.9. The third-order valence-corrected chi connectivity index (χ3v) is 30.6. The first-order valence-corrected chi connectivity index (χ1v) is 19.9. The molecular weight excluding hydrogens is 567 g/mol. The van der Waals surface area contributed by atoms with Crippen LogP contribution < -0.4 is 10.0 Å². The Balaban J connectivity index is 2.96. The number of unbranched alkanes of at least 4 members (excludes halogenated alkanes) is 5. The molecule has 0 aliphatic carbocycles. The van der Waals surface area contributed by atoms with Crippen molar-refractivity contribution in [3.05, 3.63) is 18.2 Å². The van der Waals surface area contributed by atoms with Crippen molar-refractivity contribution in [3.8, 4) is 11.5 Å². The average molecular weight is 624 g/mol. The van der Waals surface area contributed by atoms with Crippen LogP contribution in [0.15, 0.2) is 18.2 Å². The minimum absolute atomic E-state index is 0.0805. The fourth-order valence-corrected chi connectivity index (χ4v) is 18.7. The molecule has 1 rings (SSSR count). The maximum absolute atomic E-state index is 10.6. The minimum atomic E-state index is -2.99. The van der Waals surface area contributed by atoms with E-state index in [1.807, 2.05) is 12.1 Å². The van der Waals surface area contributed by atoms with Crippen LogP contribution in [-0.4, -0.2) is 57.3 Å². The largest absolute Gasteiger partial charge is 0.377 e. The Labute approximate surface area is 237 Å². The van der Waals surface area contributed by atoms with E-state index in [4.69, 9.17) is 18.0 Å². The molecule has 1 aromatic rings. The van der Waals surface area contributed by atoms with Gasteiger partial charge in [0.1, 0.15) is 0 Å². The number of hydrogen-bond acceptors (Lipinski definition) is 5. The molecule has 5 nitrogen and oxygen atoms in total. The van der Waals surface area contributed by atoms with Crippen LogP contribution in [0, 0.1) is 0 Å². The molecule has 0 radical (unpaired) electrons. The molecule has 0 bridgehead atoms. The van der Waals surface area contributed by atoms with E-state index in [0.717, 1.165) is 42.8 Å². The van der Waals surface area contributed by atoms with Gasteiger partial charge in [-0.05, 0) is 0 Å². The summed E-state index contributed by atoms with van der Waals surface area (Å²) >= 11 is 4.55. The molecule has 218 valence electrons. The molecule has 37 heavy (non-hydrogen) atoms. The topological polar surface area (TPSA) is 57.2 Å². The van der Waals surface area contributed by atoms with Crippen LogP contribution in [0.25, 0.3) is 0 Å². The Hall–Kier alpha value is -0.173. The molecule has 0 amide bonds. The minimum Gasteiger partial charge on any atom is -0.377 e. The van der Waals surface area contributed by atoms with Crippen molar-refractivity contribution in [1.82, 2.24) is 0 Å². The van der Waals surface area contributed by atoms with Crippen LogP contribution in [0.1, 0.15) is 101 Å². The quantitative estimate of drug-likeness (QED) is 0.127. The average Bonchev–Trinajstić information content (AvgIpc) is 2.78. The van der Waals surface area contributed by atoms with Gasteiger partial charge in [0.05, 0.1) is 0 Å². The van der Waals surface area contributed by atoms with Crippen LogP contribution in [0.3, 0.4) is 0 Å². The van der Waals surface area contributed by atoms with Crippen molar-refractivity contribution >= 4 is 34.9 Å². The zero-order valence-electron chi connectivity index (χ0n) is 25.8. The predicted octanol–water partition coefficient (Wildman–Crippen LogP) is 8.87. The zero-order valence-corrected chi connectivity index (χ0v) is 29.3. The van der Waals surface area contributed by atoms with Gasteiger partial charge in [0.25, 0.3) is 0 Å². The van der Waals surface area contributed by atoms with Crippen LogP contribution >= 0.6 is 20.8 Å². The van der Waals surface area contributed by atoms with Crippen molar-refractivity contribution in [2.24, 2.45) is 0 Å². The molecule has 0 aliphatic heterocycles. The van der Waals surface area contributed by atoms with Gasteiger partial charge in [-0.15, -0.1) is 0 Å². The summed E-state index contributed by atoms with van der Waals surface area (Å²) in [5.74, 6) is 1.18. The standard InChI is InChI=1S/C29H56BrO5PSi/c1-27(2,3)36(30,28(4,5)6,29(7,8)9)26-23-24(31)19-20-25(26)35-21-17-15-13-14-16-18-22-37(32-10,33-11)34-12/h19-20,23,31H,13-18,21-22H2,1-12H3. The van der Waals surface area contributed by atoms with Gasteiger partial charge < -0.3 is 13.3 Å². The first-order valence-electron chi connectivity index (χ1n) is 13.7. The van der Waals surface area contributed by atoms with Gasteiger partial charge in [0.2, 0.25) is 0 Å². The summed E-state index contributed by atoms with van der Waals surface area (Å²) in [7, 11) is 2.57. The van der Waals surface area contributed by atoms with E-state index in [1.54, 1.807) is 27.4 Å². The van der Waals surface area contributed by atoms with Gasteiger partial charge in [-0.25, -0.2) is 0 Å². The summed E-state index contributed by atoms with van der Waals surface area (Å²) in [6.07, 6.45) is 6.70. The number of aromatic hydroxyl groups is 1. The van der Waals surface area contributed by atoms with Crippen LogP contribution in [-0.2, 0) is 13.3 Å². The Morgan fingerprint density at radius 2 is 1.16 bits per heavy atom. The molecule has 0 aliphatic rings. The van der Waals surface area contributed by atoms with E-state index >= 15 is 0 Å². The number of halogens is 1. The van der Waals surface area contributed by atoms with Crippen molar-refractivity contribution in [2.45, 2.75) is 122 Å². The van der Waals surface area contributed by atoms with Crippen LogP contribution in [0.2, 0.25) is 6.04 Å². The Bertz CT molecular complexity index is 806. The van der Waals surface area contributed by atoms with Crippen molar-refractivity contribution in [1.29, 1.82) is 0 Å². The van der Waals surface area contributed by atoms with Gasteiger partial charge in [-0.3, -0.25) is 0 Å². The normalized spacial score (nSPS) is 14.9. The Morgan fingerprint density at radius 1 is 0.730 bits per heavy atom. The second-order valence-corrected chi connectivity index (χ2v) is 27.1. The van der Waals surface area contributed by atoms with E-state index in [9.17, 15) is 5.11 Å². The van der Waals surface area contributed by atoms with E-state index < -0.39 is 14.1 Å². The molecule has 0 unspecified atom stereocenters. The maximum atomic E-state index is 10.6. The van der Waals surface area contributed by atoms with Crippen molar-refractivity contribution in [2.75, 3.05) is 27.9 Å². The molecule has 0 aromatic heterocycles. The monoisotopic (exact) mass is 622 g/mol. The van der Waals surface area contributed by atoms with E-state index in [0.29, 0.717) is 6.61 Å². The number of phenolic OH excluding ortho intramolecular Hbond substituents is 1.